The summed E-state index contributed by atoms with van der Waals surface area (Å²) >= 11 is 0. The highest BCUT2D eigenvalue weighted by atomic mass is 16.6. The quantitative estimate of drug-likeness (QED) is 0.472. The second-order valence-corrected chi connectivity index (χ2v) is 6.13. The van der Waals surface area contributed by atoms with Crippen molar-refractivity contribution in [1.82, 2.24) is 4.98 Å². The van der Waals surface area contributed by atoms with Crippen LogP contribution in [0.1, 0.15) is 15.9 Å². The van der Waals surface area contributed by atoms with Crippen molar-refractivity contribution in [2.75, 3.05) is 43.1 Å². The number of carbonyl (C=O) groups is 1. The van der Waals surface area contributed by atoms with E-state index in [0.29, 0.717) is 13.1 Å². The number of piperazine rings is 1. The molecule has 3 rings (SSSR count). The second kappa shape index (κ2) is 7.38. The van der Waals surface area contributed by atoms with Gasteiger partial charge in [0.05, 0.1) is 17.6 Å². The number of anilines is 2. The lowest BCUT2D eigenvalue weighted by molar-refractivity contribution is -0.384. The molecule has 1 saturated heterocycles. The minimum absolute atomic E-state index is 0.0707. The van der Waals surface area contributed by atoms with Crippen LogP contribution in [0.25, 0.3) is 0 Å². The molecule has 1 aliphatic rings. The number of nitrogens with zero attached hydrogens (tertiary/aromatic N) is 4. The lowest BCUT2D eigenvalue weighted by atomic mass is 10.2. The largest absolute Gasteiger partial charge is 0.465 e. The molecule has 26 heavy (non-hydrogen) atoms. The number of rotatable bonds is 4. The molecule has 2 aromatic rings. The van der Waals surface area contributed by atoms with Crippen LogP contribution in [0.4, 0.5) is 17.2 Å². The number of benzene rings is 1. The summed E-state index contributed by atoms with van der Waals surface area (Å²) in [5.41, 5.74) is 2.23. The highest BCUT2D eigenvalue weighted by Crippen LogP contribution is 2.28. The number of esters is 1. The smallest absolute Gasteiger partial charge is 0.339 e. The fraction of sp³-hybridized carbons (Fsp3) is 0.333. The standard InChI is InChI=1S/C18H20N4O4/c1-13-4-3-5-15(10-13)20-6-8-21(9-7-20)17-16(22(24)25)11-14(12-19-17)18(23)26-2/h3-5,10-12H,6-9H2,1-2H3. The van der Waals surface area contributed by atoms with Gasteiger partial charge in [0, 0.05) is 44.1 Å². The number of aromatic nitrogens is 1. The molecule has 1 aliphatic heterocycles. The average molecular weight is 356 g/mol. The lowest BCUT2D eigenvalue weighted by Gasteiger charge is -2.36. The molecule has 8 nitrogen and oxygen atoms in total. The summed E-state index contributed by atoms with van der Waals surface area (Å²) in [6.45, 7) is 4.75. The van der Waals surface area contributed by atoms with Gasteiger partial charge in [-0.3, -0.25) is 10.1 Å². The molecule has 0 N–H and O–H groups in total. The summed E-state index contributed by atoms with van der Waals surface area (Å²) in [6.07, 6.45) is 1.32. The first-order chi connectivity index (χ1) is 12.5. The minimum Gasteiger partial charge on any atom is -0.465 e. The lowest BCUT2D eigenvalue weighted by Crippen LogP contribution is -2.47. The monoisotopic (exact) mass is 356 g/mol. The van der Waals surface area contributed by atoms with Crippen molar-refractivity contribution >= 4 is 23.2 Å². The van der Waals surface area contributed by atoms with E-state index >= 15 is 0 Å². The van der Waals surface area contributed by atoms with Gasteiger partial charge in [-0.1, -0.05) is 12.1 Å². The molecule has 0 aliphatic carbocycles. The summed E-state index contributed by atoms with van der Waals surface area (Å²) < 4.78 is 4.61. The van der Waals surface area contributed by atoms with E-state index in [-0.39, 0.29) is 17.1 Å². The first-order valence-electron chi connectivity index (χ1n) is 8.29. The van der Waals surface area contributed by atoms with E-state index in [9.17, 15) is 14.9 Å². The predicted molar refractivity (Wildman–Crippen MR) is 97.8 cm³/mol. The average Bonchev–Trinajstić information content (AvgIpc) is 2.67. The van der Waals surface area contributed by atoms with Crippen LogP contribution in [0.3, 0.4) is 0 Å². The number of aryl methyl sites for hydroxylation is 1. The molecule has 136 valence electrons. The van der Waals surface area contributed by atoms with Crippen molar-refractivity contribution in [3.63, 3.8) is 0 Å². The van der Waals surface area contributed by atoms with Crippen molar-refractivity contribution in [2.45, 2.75) is 6.92 Å². The predicted octanol–water partition coefficient (Wildman–Crippen LogP) is 2.41. The maximum Gasteiger partial charge on any atom is 0.339 e. The zero-order valence-electron chi connectivity index (χ0n) is 14.7. The Morgan fingerprint density at radius 2 is 1.88 bits per heavy atom. The molecule has 1 fully saturated rings. The van der Waals surface area contributed by atoms with Gasteiger partial charge in [0.2, 0.25) is 5.82 Å². The highest BCUT2D eigenvalue weighted by Gasteiger charge is 2.27. The van der Waals surface area contributed by atoms with Crippen LogP contribution in [0.5, 0.6) is 0 Å². The third-order valence-electron chi connectivity index (χ3n) is 4.41. The number of nitro groups is 1. The number of hydrogen-bond acceptors (Lipinski definition) is 7. The summed E-state index contributed by atoms with van der Waals surface area (Å²) in [5, 5.41) is 11.4. The van der Waals surface area contributed by atoms with Gasteiger partial charge in [-0.2, -0.15) is 0 Å². The molecule has 1 aromatic heterocycles. The van der Waals surface area contributed by atoms with Crippen LogP contribution in [-0.4, -0.2) is 49.2 Å². The molecule has 0 atom stereocenters. The van der Waals surface area contributed by atoms with Gasteiger partial charge in [-0.25, -0.2) is 9.78 Å². The summed E-state index contributed by atoms with van der Waals surface area (Å²) in [6, 6.07) is 9.49. The molecule has 8 heteroatoms. The Kier molecular flexibility index (Phi) is 5.01. The van der Waals surface area contributed by atoms with Crippen molar-refractivity contribution < 1.29 is 14.5 Å². The number of hydrogen-bond donors (Lipinski definition) is 0. The van der Waals surface area contributed by atoms with E-state index in [2.05, 4.69) is 39.7 Å². The third kappa shape index (κ3) is 3.58. The number of methoxy groups -OCH3 is 1. The Morgan fingerprint density at radius 1 is 1.19 bits per heavy atom. The number of carbonyl (C=O) groups excluding carboxylic acids is 1. The van der Waals surface area contributed by atoms with E-state index in [4.69, 9.17) is 0 Å². The summed E-state index contributed by atoms with van der Waals surface area (Å²) in [7, 11) is 1.23. The van der Waals surface area contributed by atoms with Gasteiger partial charge in [0.15, 0.2) is 0 Å². The van der Waals surface area contributed by atoms with Crippen molar-refractivity contribution in [1.29, 1.82) is 0 Å². The molecule has 1 aromatic carbocycles. The van der Waals surface area contributed by atoms with Crippen molar-refractivity contribution in [2.24, 2.45) is 0 Å². The molecule has 0 bridgehead atoms. The first-order valence-corrected chi connectivity index (χ1v) is 8.29. The van der Waals surface area contributed by atoms with Crippen LogP contribution in [-0.2, 0) is 4.74 Å². The van der Waals surface area contributed by atoms with Crippen LogP contribution in [0.2, 0.25) is 0 Å². The van der Waals surface area contributed by atoms with Gasteiger partial charge in [0.25, 0.3) is 0 Å². The third-order valence-corrected chi connectivity index (χ3v) is 4.41. The zero-order valence-corrected chi connectivity index (χ0v) is 14.7. The van der Waals surface area contributed by atoms with Crippen molar-refractivity contribution in [3.8, 4) is 0 Å². The molecule has 2 heterocycles. The molecular formula is C18H20N4O4. The Balaban J connectivity index is 1.78. The highest BCUT2D eigenvalue weighted by molar-refractivity contribution is 5.90. The van der Waals surface area contributed by atoms with Gasteiger partial charge >= 0.3 is 11.7 Å². The van der Waals surface area contributed by atoms with Gasteiger partial charge in [-0.15, -0.1) is 0 Å². The Bertz CT molecular complexity index is 832. The minimum atomic E-state index is -0.642. The summed E-state index contributed by atoms with van der Waals surface area (Å²) in [4.78, 5) is 30.8. The molecule has 0 saturated carbocycles. The van der Waals surface area contributed by atoms with Crippen molar-refractivity contribution in [3.05, 3.63) is 57.8 Å². The topological polar surface area (TPSA) is 88.8 Å². The van der Waals surface area contributed by atoms with Crippen LogP contribution in [0, 0.1) is 17.0 Å². The fourth-order valence-corrected chi connectivity index (χ4v) is 3.05. The Morgan fingerprint density at radius 3 is 2.50 bits per heavy atom. The molecule has 0 amide bonds. The van der Waals surface area contributed by atoms with E-state index < -0.39 is 10.9 Å². The molecule has 0 unspecified atom stereocenters. The number of ether oxygens (including phenoxy) is 1. The van der Waals surface area contributed by atoms with E-state index in [0.717, 1.165) is 18.8 Å². The van der Waals surface area contributed by atoms with Gasteiger partial charge < -0.3 is 14.5 Å². The van der Waals surface area contributed by atoms with Gasteiger partial charge in [-0.05, 0) is 24.6 Å². The van der Waals surface area contributed by atoms with Crippen LogP contribution < -0.4 is 9.80 Å². The zero-order chi connectivity index (χ0) is 18.7. The van der Waals surface area contributed by atoms with Gasteiger partial charge in [0.1, 0.15) is 0 Å². The number of pyridine rings is 1. The SMILES string of the molecule is COC(=O)c1cnc(N2CCN(c3cccc(C)c3)CC2)c([N+](=O)[O-])c1. The Labute approximate surface area is 151 Å². The first kappa shape index (κ1) is 17.7. The second-order valence-electron chi connectivity index (χ2n) is 6.13. The van der Waals surface area contributed by atoms with E-state index in [1.807, 2.05) is 11.0 Å². The van der Waals surface area contributed by atoms with Crippen LogP contribution >= 0.6 is 0 Å². The normalized spacial score (nSPS) is 14.2. The van der Waals surface area contributed by atoms with E-state index in [1.165, 1.54) is 24.9 Å². The molecular weight excluding hydrogens is 336 g/mol. The summed E-state index contributed by atoms with van der Waals surface area (Å²) in [5.74, 6) is -0.358. The Hall–Kier alpha value is -3.16. The molecule has 0 radical (unpaired) electrons. The fourth-order valence-electron chi connectivity index (χ4n) is 3.05. The van der Waals surface area contributed by atoms with Crippen LogP contribution in [0.15, 0.2) is 36.5 Å². The molecule has 0 spiro atoms. The maximum atomic E-state index is 11.6. The van der Waals surface area contributed by atoms with E-state index in [1.54, 1.807) is 0 Å². The maximum absolute atomic E-state index is 11.6.